The van der Waals surface area contributed by atoms with Gasteiger partial charge in [0.2, 0.25) is 11.0 Å². The van der Waals surface area contributed by atoms with E-state index in [1.54, 1.807) is 0 Å². The average molecular weight is 309 g/mol. The molecule has 1 fully saturated rings. The van der Waals surface area contributed by atoms with Crippen LogP contribution in [0.15, 0.2) is 0 Å². The quantitative estimate of drug-likeness (QED) is 0.839. The summed E-state index contributed by atoms with van der Waals surface area (Å²) in [5, 5.41) is 12.0. The highest BCUT2D eigenvalue weighted by Gasteiger charge is 2.41. The molecule has 112 valence electrons. The van der Waals surface area contributed by atoms with Gasteiger partial charge in [-0.15, -0.1) is 0 Å². The molecule has 0 amide bonds. The van der Waals surface area contributed by atoms with Gasteiger partial charge in [0.25, 0.3) is 0 Å². The molecule has 0 spiro atoms. The summed E-state index contributed by atoms with van der Waals surface area (Å²) < 4.78 is 40.5. The van der Waals surface area contributed by atoms with E-state index in [9.17, 15) is 23.1 Å². The summed E-state index contributed by atoms with van der Waals surface area (Å²) in [4.78, 5) is 14.9. The molecule has 0 aliphatic heterocycles. The number of nitrogens with zero attached hydrogens (tertiary/aromatic N) is 2. The second kappa shape index (κ2) is 5.55. The van der Waals surface area contributed by atoms with Crippen LogP contribution in [0.25, 0.3) is 0 Å². The Morgan fingerprint density at radius 1 is 1.25 bits per heavy atom. The highest BCUT2D eigenvalue weighted by molar-refractivity contribution is 7.09. The van der Waals surface area contributed by atoms with Crippen molar-refractivity contribution in [2.24, 2.45) is 0 Å². The summed E-state index contributed by atoms with van der Waals surface area (Å²) >= 11 is 0.537. The van der Waals surface area contributed by atoms with Gasteiger partial charge in [-0.3, -0.25) is 0 Å². The Morgan fingerprint density at radius 3 is 2.30 bits per heavy atom. The number of nitrogens with one attached hydrogen (secondary N) is 1. The Kier molecular flexibility index (Phi) is 4.17. The number of carbonyl (C=O) groups is 1. The monoisotopic (exact) mass is 309 g/mol. The fourth-order valence-electron chi connectivity index (χ4n) is 2.32. The molecule has 1 heterocycles. The van der Waals surface area contributed by atoms with Crippen LogP contribution in [0.2, 0.25) is 0 Å². The maximum Gasteiger partial charge on any atom is 0.452 e. The molecule has 1 saturated carbocycles. The van der Waals surface area contributed by atoms with E-state index in [-0.39, 0.29) is 5.13 Å². The Balaban J connectivity index is 2.20. The lowest BCUT2D eigenvalue weighted by Crippen LogP contribution is -2.46. The smallest absolute Gasteiger partial charge is 0.452 e. The lowest BCUT2D eigenvalue weighted by Gasteiger charge is -2.28. The van der Waals surface area contributed by atoms with Crippen LogP contribution in [-0.2, 0) is 11.0 Å². The molecule has 1 aliphatic carbocycles. The maximum absolute atomic E-state index is 12.4. The molecule has 2 N–H and O–H groups in total. The van der Waals surface area contributed by atoms with Crippen molar-refractivity contribution in [3.8, 4) is 0 Å². The van der Waals surface area contributed by atoms with Crippen LogP contribution in [0.4, 0.5) is 18.3 Å². The lowest BCUT2D eigenvalue weighted by atomic mass is 9.90. The Labute approximate surface area is 117 Å². The number of halogens is 3. The third-order valence-corrected chi connectivity index (χ3v) is 4.02. The van der Waals surface area contributed by atoms with E-state index in [4.69, 9.17) is 0 Å². The Bertz CT molecular complexity index is 482. The Morgan fingerprint density at radius 2 is 1.85 bits per heavy atom. The first kappa shape index (κ1) is 15.0. The zero-order valence-electron chi connectivity index (χ0n) is 10.5. The zero-order chi connectivity index (χ0) is 14.8. The molecule has 1 aromatic heterocycles. The molecule has 0 unspecified atom stereocenters. The van der Waals surface area contributed by atoms with Crippen LogP contribution in [0.1, 0.15) is 44.3 Å². The van der Waals surface area contributed by atoms with Gasteiger partial charge < -0.3 is 10.4 Å². The van der Waals surface area contributed by atoms with Gasteiger partial charge in [-0.1, -0.05) is 25.7 Å². The van der Waals surface area contributed by atoms with E-state index < -0.39 is 23.5 Å². The number of carboxylic acid groups (broad SMARTS) is 1. The van der Waals surface area contributed by atoms with Gasteiger partial charge in [-0.05, 0) is 12.8 Å². The van der Waals surface area contributed by atoms with Crippen molar-refractivity contribution in [2.75, 3.05) is 5.32 Å². The fraction of sp³-hybridized carbons (Fsp3) is 0.727. The number of carboxylic acids is 1. The normalized spacial score (nSPS) is 19.4. The summed E-state index contributed by atoms with van der Waals surface area (Å²) in [5.41, 5.74) is -1.24. The van der Waals surface area contributed by atoms with Gasteiger partial charge in [0, 0.05) is 11.5 Å². The average Bonchev–Trinajstić information content (AvgIpc) is 2.68. The summed E-state index contributed by atoms with van der Waals surface area (Å²) in [5.74, 6) is -2.29. The predicted molar refractivity (Wildman–Crippen MR) is 66.6 cm³/mol. The van der Waals surface area contributed by atoms with Crippen LogP contribution in [0, 0.1) is 0 Å². The van der Waals surface area contributed by atoms with E-state index in [1.807, 2.05) is 0 Å². The van der Waals surface area contributed by atoms with Gasteiger partial charge >= 0.3 is 12.1 Å². The van der Waals surface area contributed by atoms with Gasteiger partial charge in [-0.25, -0.2) is 4.79 Å². The third kappa shape index (κ3) is 3.20. The van der Waals surface area contributed by atoms with E-state index in [0.29, 0.717) is 24.4 Å². The second-order valence-corrected chi connectivity index (χ2v) is 5.60. The molecule has 0 aromatic carbocycles. The summed E-state index contributed by atoms with van der Waals surface area (Å²) in [6.45, 7) is 0. The van der Waals surface area contributed by atoms with Crippen molar-refractivity contribution in [1.29, 1.82) is 0 Å². The van der Waals surface area contributed by atoms with Crippen molar-refractivity contribution in [3.63, 3.8) is 0 Å². The molecule has 9 heteroatoms. The van der Waals surface area contributed by atoms with E-state index in [2.05, 4.69) is 14.7 Å². The van der Waals surface area contributed by atoms with Gasteiger partial charge in [-0.2, -0.15) is 22.5 Å². The highest BCUT2D eigenvalue weighted by atomic mass is 32.1. The Hall–Kier alpha value is -1.38. The number of hydrogen-bond acceptors (Lipinski definition) is 5. The molecule has 1 aliphatic rings. The van der Waals surface area contributed by atoms with Gasteiger partial charge in [0.1, 0.15) is 5.54 Å². The summed E-state index contributed by atoms with van der Waals surface area (Å²) in [6, 6.07) is 0. The molecule has 2 rings (SSSR count). The number of rotatable bonds is 3. The molecule has 0 atom stereocenters. The standard InChI is InChI=1S/C11H14F3N3O2S/c12-11(13,14)7-15-9(20-17-7)16-10(8(18)19)5-3-1-2-4-6-10/h1-6H2,(H,18,19)(H,15,16,17). The van der Waals surface area contributed by atoms with Crippen molar-refractivity contribution in [3.05, 3.63) is 5.82 Å². The van der Waals surface area contributed by atoms with E-state index >= 15 is 0 Å². The molecule has 20 heavy (non-hydrogen) atoms. The minimum Gasteiger partial charge on any atom is -0.480 e. The minimum atomic E-state index is -4.61. The van der Waals surface area contributed by atoms with Gasteiger partial charge in [0.15, 0.2) is 0 Å². The van der Waals surface area contributed by atoms with E-state index in [0.717, 1.165) is 25.7 Å². The van der Waals surface area contributed by atoms with Crippen molar-refractivity contribution in [2.45, 2.75) is 50.2 Å². The first-order chi connectivity index (χ1) is 9.33. The van der Waals surface area contributed by atoms with Crippen LogP contribution in [-0.4, -0.2) is 26.0 Å². The molecule has 1 aromatic rings. The largest absolute Gasteiger partial charge is 0.480 e. The third-order valence-electron chi connectivity index (χ3n) is 3.39. The van der Waals surface area contributed by atoms with Crippen LogP contribution in [0.5, 0.6) is 0 Å². The van der Waals surface area contributed by atoms with Crippen LogP contribution < -0.4 is 5.32 Å². The summed E-state index contributed by atoms with van der Waals surface area (Å²) in [6.07, 6.45) is -0.543. The fourth-order valence-corrected chi connectivity index (χ4v) is 3.00. The summed E-state index contributed by atoms with van der Waals surface area (Å²) in [7, 11) is 0. The first-order valence-electron chi connectivity index (χ1n) is 6.26. The van der Waals surface area contributed by atoms with Crippen molar-refractivity contribution >= 4 is 22.6 Å². The minimum absolute atomic E-state index is 0.0957. The van der Waals surface area contributed by atoms with Crippen LogP contribution >= 0.6 is 11.5 Å². The lowest BCUT2D eigenvalue weighted by molar-refractivity contribution is -0.144. The van der Waals surface area contributed by atoms with Crippen molar-refractivity contribution < 1.29 is 23.1 Å². The number of alkyl halides is 3. The molecular weight excluding hydrogens is 295 g/mol. The molecule has 5 nitrogen and oxygen atoms in total. The highest BCUT2D eigenvalue weighted by Crippen LogP contribution is 2.34. The molecule has 0 radical (unpaired) electrons. The maximum atomic E-state index is 12.4. The molecular formula is C11H14F3N3O2S. The van der Waals surface area contributed by atoms with Gasteiger partial charge in [0.05, 0.1) is 0 Å². The number of hydrogen-bond donors (Lipinski definition) is 2. The molecule has 0 saturated heterocycles. The zero-order valence-corrected chi connectivity index (χ0v) is 11.4. The first-order valence-corrected chi connectivity index (χ1v) is 7.03. The number of aromatic nitrogens is 2. The number of anilines is 1. The topological polar surface area (TPSA) is 75.1 Å². The molecule has 0 bridgehead atoms. The SMILES string of the molecule is O=C(O)C1(Nc2nc(C(F)(F)F)ns2)CCCCCC1. The number of aliphatic carboxylic acids is 1. The predicted octanol–water partition coefficient (Wildman–Crippen LogP) is 3.15. The van der Waals surface area contributed by atoms with Crippen molar-refractivity contribution in [1.82, 2.24) is 9.36 Å². The van der Waals surface area contributed by atoms with Crippen LogP contribution in [0.3, 0.4) is 0 Å². The van der Waals surface area contributed by atoms with E-state index in [1.165, 1.54) is 0 Å². The second-order valence-electron chi connectivity index (χ2n) is 4.85.